The molecule has 3 aromatic rings. The van der Waals surface area contributed by atoms with Gasteiger partial charge in [-0.05, 0) is 19.4 Å². The summed E-state index contributed by atoms with van der Waals surface area (Å²) in [7, 11) is 3.45. The lowest BCUT2D eigenvalue weighted by Crippen LogP contribution is -2.36. The number of aryl methyl sites for hydroxylation is 2. The Morgan fingerprint density at radius 3 is 2.53 bits per heavy atom. The summed E-state index contributed by atoms with van der Waals surface area (Å²) < 4.78 is 44.2. The molecule has 32 heavy (non-hydrogen) atoms. The van der Waals surface area contributed by atoms with Crippen LogP contribution in [0.25, 0.3) is 0 Å². The smallest absolute Gasteiger partial charge is 0.363 e. The molecular formula is C22H25F3N6O. The minimum Gasteiger partial charge on any atom is -0.363 e. The molecule has 1 amide bonds. The molecule has 0 saturated carbocycles. The van der Waals surface area contributed by atoms with E-state index in [-0.39, 0.29) is 17.8 Å². The van der Waals surface area contributed by atoms with Gasteiger partial charge >= 0.3 is 6.18 Å². The number of halogens is 3. The maximum Gasteiger partial charge on any atom is 0.410 e. The number of alkyl halides is 3. The number of hydrogen-bond acceptors (Lipinski definition) is 4. The summed E-state index contributed by atoms with van der Waals surface area (Å²) in [5.74, 6) is -0.319. The second-order valence-corrected chi connectivity index (χ2v) is 8.19. The molecule has 3 heterocycles. The number of nitrogens with one attached hydrogen (secondary N) is 1. The fourth-order valence-corrected chi connectivity index (χ4v) is 4.18. The first-order valence-electron chi connectivity index (χ1n) is 10.3. The number of nitrogens with zero attached hydrogens (tertiary/aromatic N) is 5. The van der Waals surface area contributed by atoms with Crippen LogP contribution in [0.2, 0.25) is 0 Å². The monoisotopic (exact) mass is 446 g/mol. The van der Waals surface area contributed by atoms with Gasteiger partial charge in [0.25, 0.3) is 5.91 Å². The van der Waals surface area contributed by atoms with Gasteiger partial charge in [-0.2, -0.15) is 23.4 Å². The minimum atomic E-state index is -4.49. The molecule has 0 aliphatic carbocycles. The van der Waals surface area contributed by atoms with Crippen molar-refractivity contribution in [2.75, 3.05) is 12.4 Å². The van der Waals surface area contributed by atoms with Crippen molar-refractivity contribution in [2.24, 2.45) is 7.05 Å². The molecule has 7 nitrogen and oxygen atoms in total. The Hall–Kier alpha value is -3.30. The third-order valence-electron chi connectivity index (χ3n) is 6.07. The molecule has 4 rings (SSSR count). The van der Waals surface area contributed by atoms with E-state index >= 15 is 0 Å². The van der Waals surface area contributed by atoms with Crippen molar-refractivity contribution in [1.82, 2.24) is 24.5 Å². The highest BCUT2D eigenvalue weighted by Gasteiger charge is 2.47. The predicted molar refractivity (Wildman–Crippen MR) is 113 cm³/mol. The molecule has 0 unspecified atom stereocenters. The van der Waals surface area contributed by atoms with Crippen LogP contribution < -0.4 is 5.32 Å². The van der Waals surface area contributed by atoms with Crippen molar-refractivity contribution >= 4 is 11.7 Å². The van der Waals surface area contributed by atoms with Crippen LogP contribution in [-0.2, 0) is 13.6 Å². The molecule has 170 valence electrons. The van der Waals surface area contributed by atoms with Gasteiger partial charge in [-0.15, -0.1) is 0 Å². The molecule has 0 saturated heterocycles. The molecule has 2 atom stereocenters. The van der Waals surface area contributed by atoms with Crippen LogP contribution in [0.15, 0.2) is 36.5 Å². The van der Waals surface area contributed by atoms with Crippen molar-refractivity contribution < 1.29 is 18.0 Å². The van der Waals surface area contributed by atoms with Crippen molar-refractivity contribution in [3.05, 3.63) is 64.6 Å². The molecule has 1 N–H and O–H groups in total. The zero-order valence-corrected chi connectivity index (χ0v) is 18.3. The van der Waals surface area contributed by atoms with Gasteiger partial charge in [-0.3, -0.25) is 9.48 Å². The van der Waals surface area contributed by atoms with Crippen LogP contribution in [0.3, 0.4) is 0 Å². The molecule has 10 heteroatoms. The van der Waals surface area contributed by atoms with Gasteiger partial charge in [0.15, 0.2) is 6.04 Å². The van der Waals surface area contributed by atoms with E-state index in [2.05, 4.69) is 15.5 Å². The zero-order chi connectivity index (χ0) is 23.2. The van der Waals surface area contributed by atoms with E-state index in [1.165, 1.54) is 11.1 Å². The van der Waals surface area contributed by atoms with Gasteiger partial charge in [0.1, 0.15) is 11.4 Å². The largest absolute Gasteiger partial charge is 0.410 e. The van der Waals surface area contributed by atoms with Crippen LogP contribution in [0.5, 0.6) is 0 Å². The number of amides is 1. The first kappa shape index (κ1) is 21.9. The molecule has 0 radical (unpaired) electrons. The topological polar surface area (TPSA) is 68.0 Å². The fourth-order valence-electron chi connectivity index (χ4n) is 4.18. The van der Waals surface area contributed by atoms with Gasteiger partial charge < -0.3 is 10.2 Å². The third-order valence-corrected chi connectivity index (χ3v) is 6.07. The highest BCUT2D eigenvalue weighted by atomic mass is 19.4. The molecule has 1 aliphatic rings. The quantitative estimate of drug-likeness (QED) is 0.653. The number of aromatic nitrogens is 4. The normalized spacial score (nSPS) is 18.2. The van der Waals surface area contributed by atoms with E-state index in [4.69, 9.17) is 0 Å². The average Bonchev–Trinajstić information content (AvgIpc) is 3.28. The van der Waals surface area contributed by atoms with E-state index in [1.807, 2.05) is 27.0 Å². The second kappa shape index (κ2) is 7.99. The summed E-state index contributed by atoms with van der Waals surface area (Å²) in [5.41, 5.74) is 3.48. The highest BCUT2D eigenvalue weighted by Crippen LogP contribution is 2.44. The number of carbonyl (C=O) groups excluding carboxylic acids is 1. The summed E-state index contributed by atoms with van der Waals surface area (Å²) in [6.45, 7) is 4.07. The lowest BCUT2D eigenvalue weighted by Gasteiger charge is -2.34. The van der Waals surface area contributed by atoms with E-state index in [9.17, 15) is 18.0 Å². The Morgan fingerprint density at radius 1 is 1.25 bits per heavy atom. The Balaban J connectivity index is 1.67. The van der Waals surface area contributed by atoms with E-state index < -0.39 is 24.2 Å². The van der Waals surface area contributed by atoms with Crippen LogP contribution in [0, 0.1) is 13.8 Å². The molecule has 0 bridgehead atoms. The van der Waals surface area contributed by atoms with E-state index in [0.29, 0.717) is 6.54 Å². The average molecular weight is 446 g/mol. The molecule has 1 aliphatic heterocycles. The first-order valence-corrected chi connectivity index (χ1v) is 10.3. The summed E-state index contributed by atoms with van der Waals surface area (Å²) in [4.78, 5) is 14.7. The standard InChI is InChI=1S/C22H25F3N6O/c1-13-17(14(2)30(4)28-13)12-29(3)21(32)16-11-26-31-19(22(23,24)25)10-18(27-20(16)31)15-8-6-5-7-9-15/h5-9,11,18-19,27H,10,12H2,1-4H3/t18-,19+/m1/s1. The summed E-state index contributed by atoms with van der Waals surface area (Å²) in [6.07, 6.45) is -3.48. The molecular weight excluding hydrogens is 421 g/mol. The summed E-state index contributed by atoms with van der Waals surface area (Å²) in [6, 6.07) is 6.51. The van der Waals surface area contributed by atoms with Crippen LogP contribution >= 0.6 is 0 Å². The molecule has 0 spiro atoms. The van der Waals surface area contributed by atoms with Crippen LogP contribution in [0.1, 0.15) is 51.4 Å². The van der Waals surface area contributed by atoms with Crippen molar-refractivity contribution in [2.45, 2.75) is 45.1 Å². The van der Waals surface area contributed by atoms with Crippen molar-refractivity contribution in [3.8, 4) is 0 Å². The molecule has 1 aromatic carbocycles. The number of carbonyl (C=O) groups is 1. The predicted octanol–water partition coefficient (Wildman–Crippen LogP) is 4.17. The third kappa shape index (κ3) is 3.85. The van der Waals surface area contributed by atoms with Gasteiger partial charge in [0.05, 0.1) is 17.9 Å². The SMILES string of the molecule is Cc1nn(C)c(C)c1CN(C)C(=O)c1cnn2c1N[C@@H](c1ccccc1)C[C@H]2C(F)(F)F. The summed E-state index contributed by atoms with van der Waals surface area (Å²) >= 11 is 0. The first-order chi connectivity index (χ1) is 15.1. The maximum absolute atomic E-state index is 13.9. The van der Waals surface area contributed by atoms with Gasteiger partial charge in [0, 0.05) is 38.3 Å². The molecule has 2 aromatic heterocycles. The van der Waals surface area contributed by atoms with E-state index in [0.717, 1.165) is 27.2 Å². The fraction of sp³-hybridized carbons (Fsp3) is 0.409. The highest BCUT2D eigenvalue weighted by molar-refractivity contribution is 5.98. The van der Waals surface area contributed by atoms with Crippen LogP contribution in [-0.4, -0.2) is 43.6 Å². The number of hydrogen-bond donors (Lipinski definition) is 1. The molecule has 0 fully saturated rings. The van der Waals surface area contributed by atoms with E-state index in [1.54, 1.807) is 36.0 Å². The number of anilines is 1. The van der Waals surface area contributed by atoms with Crippen molar-refractivity contribution in [1.29, 1.82) is 0 Å². The van der Waals surface area contributed by atoms with Gasteiger partial charge in [-0.25, -0.2) is 4.68 Å². The summed E-state index contributed by atoms with van der Waals surface area (Å²) in [5, 5.41) is 11.4. The Kier molecular flexibility index (Phi) is 5.47. The second-order valence-electron chi connectivity index (χ2n) is 8.19. The zero-order valence-electron chi connectivity index (χ0n) is 18.3. The Bertz CT molecular complexity index is 1130. The van der Waals surface area contributed by atoms with Crippen LogP contribution in [0.4, 0.5) is 19.0 Å². The lowest BCUT2D eigenvalue weighted by atomic mass is 9.96. The minimum absolute atomic E-state index is 0.0870. The van der Waals surface area contributed by atoms with Gasteiger partial charge in [-0.1, -0.05) is 30.3 Å². The van der Waals surface area contributed by atoms with Crippen molar-refractivity contribution in [3.63, 3.8) is 0 Å². The Morgan fingerprint density at radius 2 is 1.94 bits per heavy atom. The Labute approximate surface area is 183 Å². The lowest BCUT2D eigenvalue weighted by molar-refractivity contribution is -0.173. The maximum atomic E-state index is 13.9. The number of fused-ring (bicyclic) bond motifs is 1. The van der Waals surface area contributed by atoms with Gasteiger partial charge in [0.2, 0.25) is 0 Å². The number of rotatable bonds is 4. The number of benzene rings is 1.